The van der Waals surface area contributed by atoms with Crippen LogP contribution in [0.3, 0.4) is 0 Å². The first-order chi connectivity index (χ1) is 7.83. The minimum absolute atomic E-state index is 0.538. The lowest BCUT2D eigenvalue weighted by atomic mass is 10.1. The maximum atomic E-state index is 8.68. The van der Waals surface area contributed by atoms with Gasteiger partial charge < -0.3 is 5.73 Å². The molecule has 0 bridgehead atoms. The summed E-state index contributed by atoms with van der Waals surface area (Å²) in [5.74, 6) is 0. The molecule has 2 rings (SSSR count). The van der Waals surface area contributed by atoms with Gasteiger partial charge in [-0.1, -0.05) is 17.3 Å². The van der Waals surface area contributed by atoms with Crippen molar-refractivity contribution in [3.63, 3.8) is 0 Å². The molecule has 0 radical (unpaired) electrons. The smallest absolute Gasteiger partial charge is 0.113 e. The van der Waals surface area contributed by atoms with Crippen molar-refractivity contribution in [2.45, 2.75) is 6.54 Å². The Morgan fingerprint density at radius 2 is 2.06 bits per heavy atom. The monoisotopic (exact) mass is 213 g/mol. The first-order valence-electron chi connectivity index (χ1n) is 4.94. The molecular formula is C11H11N5. The predicted molar refractivity (Wildman–Crippen MR) is 59.2 cm³/mol. The largest absolute Gasteiger partial charge is 0.329 e. The lowest BCUT2D eigenvalue weighted by Gasteiger charge is -1.95. The Balaban J connectivity index is 2.25. The van der Waals surface area contributed by atoms with Crippen LogP contribution in [0.2, 0.25) is 0 Å². The van der Waals surface area contributed by atoms with E-state index in [4.69, 9.17) is 11.0 Å². The summed E-state index contributed by atoms with van der Waals surface area (Å²) in [7, 11) is 0. The minimum Gasteiger partial charge on any atom is -0.329 e. The third-order valence-electron chi connectivity index (χ3n) is 2.21. The first-order valence-corrected chi connectivity index (χ1v) is 4.94. The Kier molecular flexibility index (Phi) is 2.94. The summed E-state index contributed by atoms with van der Waals surface area (Å²) in [5, 5.41) is 16.7. The number of rotatable bonds is 3. The van der Waals surface area contributed by atoms with E-state index < -0.39 is 0 Å². The van der Waals surface area contributed by atoms with Crippen molar-refractivity contribution < 1.29 is 0 Å². The highest BCUT2D eigenvalue weighted by Crippen LogP contribution is 2.16. The van der Waals surface area contributed by atoms with Gasteiger partial charge >= 0.3 is 0 Å². The third-order valence-corrected chi connectivity index (χ3v) is 2.21. The SMILES string of the molecule is N#Cc1ccc(-c2cn(CCN)nn2)cc1. The molecule has 0 fully saturated rings. The molecule has 0 atom stereocenters. The molecule has 2 aromatic rings. The lowest BCUT2D eigenvalue weighted by molar-refractivity contribution is 0.598. The van der Waals surface area contributed by atoms with Crippen molar-refractivity contribution in [3.8, 4) is 17.3 Å². The Hall–Kier alpha value is -2.19. The van der Waals surface area contributed by atoms with Gasteiger partial charge in [-0.3, -0.25) is 4.68 Å². The second-order valence-electron chi connectivity index (χ2n) is 3.34. The summed E-state index contributed by atoms with van der Waals surface area (Å²) in [4.78, 5) is 0. The molecule has 16 heavy (non-hydrogen) atoms. The van der Waals surface area contributed by atoms with E-state index in [2.05, 4.69) is 16.4 Å². The number of hydrogen-bond acceptors (Lipinski definition) is 4. The summed E-state index contributed by atoms with van der Waals surface area (Å²) in [6.45, 7) is 1.19. The summed E-state index contributed by atoms with van der Waals surface area (Å²) < 4.78 is 1.70. The van der Waals surface area contributed by atoms with Crippen molar-refractivity contribution in [2.75, 3.05) is 6.54 Å². The van der Waals surface area contributed by atoms with E-state index in [0.717, 1.165) is 11.3 Å². The number of nitrogens with two attached hydrogens (primary N) is 1. The van der Waals surface area contributed by atoms with Crippen LogP contribution < -0.4 is 5.73 Å². The van der Waals surface area contributed by atoms with Crippen molar-refractivity contribution >= 4 is 0 Å². The van der Waals surface area contributed by atoms with Crippen LogP contribution in [0.15, 0.2) is 30.5 Å². The molecule has 0 spiro atoms. The Morgan fingerprint density at radius 1 is 1.31 bits per heavy atom. The minimum atomic E-state index is 0.538. The third kappa shape index (κ3) is 2.07. The van der Waals surface area contributed by atoms with Gasteiger partial charge in [0.15, 0.2) is 0 Å². The van der Waals surface area contributed by atoms with E-state index in [1.54, 1.807) is 16.8 Å². The molecular weight excluding hydrogens is 202 g/mol. The van der Waals surface area contributed by atoms with Crippen LogP contribution in [0.4, 0.5) is 0 Å². The number of aromatic nitrogens is 3. The Labute approximate surface area is 93.1 Å². The molecule has 1 heterocycles. The molecule has 2 N–H and O–H groups in total. The summed E-state index contributed by atoms with van der Waals surface area (Å²) >= 11 is 0. The lowest BCUT2D eigenvalue weighted by Crippen LogP contribution is -2.10. The molecule has 0 aliphatic rings. The maximum Gasteiger partial charge on any atom is 0.113 e. The van der Waals surface area contributed by atoms with Crippen molar-refractivity contribution in [2.24, 2.45) is 5.73 Å². The zero-order valence-electron chi connectivity index (χ0n) is 8.67. The van der Waals surface area contributed by atoms with Gasteiger partial charge in [0, 0.05) is 12.1 Å². The highest BCUT2D eigenvalue weighted by molar-refractivity contribution is 5.58. The number of hydrogen-bond donors (Lipinski definition) is 1. The molecule has 1 aromatic carbocycles. The van der Waals surface area contributed by atoms with Crippen molar-refractivity contribution in [1.29, 1.82) is 5.26 Å². The van der Waals surface area contributed by atoms with Crippen LogP contribution in [0.5, 0.6) is 0 Å². The van der Waals surface area contributed by atoms with Crippen LogP contribution in [-0.2, 0) is 6.54 Å². The average molecular weight is 213 g/mol. The zero-order chi connectivity index (χ0) is 11.4. The summed E-state index contributed by atoms with van der Waals surface area (Å²) in [5.41, 5.74) is 7.80. The van der Waals surface area contributed by atoms with E-state index in [0.29, 0.717) is 18.7 Å². The molecule has 0 amide bonds. The molecule has 0 aliphatic heterocycles. The standard InChI is InChI=1S/C11H11N5/c12-5-6-16-8-11(14-15-16)10-3-1-9(7-13)2-4-10/h1-4,8H,5-6,12H2. The van der Waals surface area contributed by atoms with Gasteiger partial charge in [0.1, 0.15) is 5.69 Å². The van der Waals surface area contributed by atoms with Crippen molar-refractivity contribution in [3.05, 3.63) is 36.0 Å². The van der Waals surface area contributed by atoms with Crippen LogP contribution in [0, 0.1) is 11.3 Å². The second-order valence-corrected chi connectivity index (χ2v) is 3.34. The van der Waals surface area contributed by atoms with Gasteiger partial charge in [0.25, 0.3) is 0 Å². The van der Waals surface area contributed by atoms with E-state index in [1.807, 2.05) is 18.3 Å². The zero-order valence-corrected chi connectivity index (χ0v) is 8.67. The number of nitrogens with zero attached hydrogens (tertiary/aromatic N) is 4. The van der Waals surface area contributed by atoms with E-state index in [-0.39, 0.29) is 0 Å². The number of nitriles is 1. The molecule has 80 valence electrons. The van der Waals surface area contributed by atoms with E-state index in [9.17, 15) is 0 Å². The maximum absolute atomic E-state index is 8.68. The van der Waals surface area contributed by atoms with Gasteiger partial charge in [-0.15, -0.1) is 5.10 Å². The normalized spacial score (nSPS) is 10.0. The topological polar surface area (TPSA) is 80.5 Å². The molecule has 0 unspecified atom stereocenters. The second kappa shape index (κ2) is 4.55. The van der Waals surface area contributed by atoms with Crippen molar-refractivity contribution in [1.82, 2.24) is 15.0 Å². The molecule has 0 aliphatic carbocycles. The molecule has 5 nitrogen and oxygen atoms in total. The van der Waals surface area contributed by atoms with Crippen LogP contribution >= 0.6 is 0 Å². The van der Waals surface area contributed by atoms with E-state index >= 15 is 0 Å². The van der Waals surface area contributed by atoms with Crippen LogP contribution in [-0.4, -0.2) is 21.5 Å². The fourth-order valence-electron chi connectivity index (χ4n) is 1.39. The molecule has 0 saturated carbocycles. The highest BCUT2D eigenvalue weighted by atomic mass is 15.4. The van der Waals surface area contributed by atoms with Gasteiger partial charge in [-0.25, -0.2) is 0 Å². The quantitative estimate of drug-likeness (QED) is 0.816. The van der Waals surface area contributed by atoms with Crippen LogP contribution in [0.1, 0.15) is 5.56 Å². The summed E-state index contributed by atoms with van der Waals surface area (Å²) in [6.07, 6.45) is 1.84. The highest BCUT2D eigenvalue weighted by Gasteiger charge is 2.03. The Morgan fingerprint density at radius 3 is 2.69 bits per heavy atom. The van der Waals surface area contributed by atoms with Gasteiger partial charge in [0.2, 0.25) is 0 Å². The molecule has 0 saturated heterocycles. The fraction of sp³-hybridized carbons (Fsp3) is 0.182. The van der Waals surface area contributed by atoms with Gasteiger partial charge in [0.05, 0.1) is 24.4 Å². The van der Waals surface area contributed by atoms with E-state index in [1.165, 1.54) is 0 Å². The molecule has 1 aromatic heterocycles. The summed E-state index contributed by atoms with van der Waals surface area (Å²) in [6, 6.07) is 9.31. The first kappa shape index (κ1) is 10.3. The van der Waals surface area contributed by atoms with Gasteiger partial charge in [-0.2, -0.15) is 5.26 Å². The predicted octanol–water partition coefficient (Wildman–Crippen LogP) is 0.775. The van der Waals surface area contributed by atoms with Crippen LogP contribution in [0.25, 0.3) is 11.3 Å². The number of benzene rings is 1. The average Bonchev–Trinajstić information content (AvgIpc) is 2.78. The Bertz CT molecular complexity index is 506. The molecule has 5 heteroatoms. The fourth-order valence-corrected chi connectivity index (χ4v) is 1.39. The van der Waals surface area contributed by atoms with Gasteiger partial charge in [-0.05, 0) is 12.1 Å².